The van der Waals surface area contributed by atoms with Gasteiger partial charge in [-0.15, -0.1) is 0 Å². The van der Waals surface area contributed by atoms with Crippen molar-refractivity contribution in [2.24, 2.45) is 12.8 Å². The summed E-state index contributed by atoms with van der Waals surface area (Å²) in [5.41, 5.74) is 8.54. The van der Waals surface area contributed by atoms with Crippen LogP contribution in [0.25, 0.3) is 0 Å². The predicted octanol–water partition coefficient (Wildman–Crippen LogP) is 0.236. The van der Waals surface area contributed by atoms with Crippen LogP contribution < -0.4 is 5.73 Å². The van der Waals surface area contributed by atoms with Gasteiger partial charge in [-0.25, -0.2) is 0 Å². The van der Waals surface area contributed by atoms with Crippen molar-refractivity contribution < 1.29 is 0 Å². The van der Waals surface area contributed by atoms with E-state index in [1.165, 1.54) is 11.3 Å². The Bertz CT molecular complexity index is 264. The van der Waals surface area contributed by atoms with Crippen LogP contribution in [0.5, 0.6) is 0 Å². The normalized spacial score (nSPS) is 23.3. The Morgan fingerprint density at radius 3 is 3.36 bits per heavy atom. The van der Waals surface area contributed by atoms with E-state index in [1.54, 1.807) is 0 Å². The first-order valence-corrected chi connectivity index (χ1v) is 4.02. The van der Waals surface area contributed by atoms with Crippen LogP contribution in [0.4, 0.5) is 0 Å². The predicted molar refractivity (Wildman–Crippen MR) is 43.2 cm³/mol. The zero-order chi connectivity index (χ0) is 7.84. The Kier molecular flexibility index (Phi) is 1.46. The molecule has 1 unspecified atom stereocenters. The molecule has 0 saturated heterocycles. The van der Waals surface area contributed by atoms with Crippen molar-refractivity contribution in [2.45, 2.75) is 25.3 Å². The summed E-state index contributed by atoms with van der Waals surface area (Å²) in [5, 5.41) is 4.19. The molecule has 0 radical (unpaired) electrons. The van der Waals surface area contributed by atoms with E-state index in [0.717, 1.165) is 19.3 Å². The monoisotopic (exact) mass is 151 g/mol. The van der Waals surface area contributed by atoms with Gasteiger partial charge in [0.05, 0.1) is 6.20 Å². The van der Waals surface area contributed by atoms with Gasteiger partial charge in [0.2, 0.25) is 0 Å². The Morgan fingerprint density at radius 1 is 1.73 bits per heavy atom. The second-order valence-electron chi connectivity index (χ2n) is 3.24. The lowest BCUT2D eigenvalue weighted by Gasteiger charge is -2.18. The van der Waals surface area contributed by atoms with Gasteiger partial charge in [0, 0.05) is 25.2 Å². The Balaban J connectivity index is 2.37. The maximum absolute atomic E-state index is 5.84. The standard InChI is InChI=1S/C8H13N3/c1-11-8-4-7(9)3-2-6(8)5-10-11/h5,7H,2-4,9H2,1H3. The molecule has 3 nitrogen and oxygen atoms in total. The number of fused-ring (bicyclic) bond motifs is 1. The Labute approximate surface area is 66.2 Å². The van der Waals surface area contributed by atoms with Gasteiger partial charge in [0.25, 0.3) is 0 Å². The largest absolute Gasteiger partial charge is 0.327 e. The summed E-state index contributed by atoms with van der Waals surface area (Å²) < 4.78 is 1.94. The number of aromatic nitrogens is 2. The molecule has 2 rings (SSSR count). The molecule has 0 fully saturated rings. The van der Waals surface area contributed by atoms with Gasteiger partial charge < -0.3 is 5.73 Å². The van der Waals surface area contributed by atoms with Gasteiger partial charge in [-0.05, 0) is 18.4 Å². The summed E-state index contributed by atoms with van der Waals surface area (Å²) in [7, 11) is 1.98. The molecule has 3 heteroatoms. The third-order valence-corrected chi connectivity index (χ3v) is 2.39. The molecular weight excluding hydrogens is 138 g/mol. The fourth-order valence-electron chi connectivity index (χ4n) is 1.67. The maximum Gasteiger partial charge on any atom is 0.0524 e. The fourth-order valence-corrected chi connectivity index (χ4v) is 1.67. The van der Waals surface area contributed by atoms with Gasteiger partial charge in [0.1, 0.15) is 0 Å². The molecule has 1 aliphatic rings. The van der Waals surface area contributed by atoms with Crippen LogP contribution in [0.2, 0.25) is 0 Å². The highest BCUT2D eigenvalue weighted by atomic mass is 15.3. The summed E-state index contributed by atoms with van der Waals surface area (Å²) >= 11 is 0. The van der Waals surface area contributed by atoms with Crippen molar-refractivity contribution in [1.29, 1.82) is 0 Å². The van der Waals surface area contributed by atoms with E-state index < -0.39 is 0 Å². The molecule has 0 bridgehead atoms. The zero-order valence-electron chi connectivity index (χ0n) is 6.75. The van der Waals surface area contributed by atoms with Gasteiger partial charge in [-0.1, -0.05) is 0 Å². The van der Waals surface area contributed by atoms with E-state index >= 15 is 0 Å². The number of rotatable bonds is 0. The first-order valence-electron chi connectivity index (χ1n) is 4.02. The lowest BCUT2D eigenvalue weighted by atomic mass is 9.94. The molecule has 1 aromatic heterocycles. The number of aryl methyl sites for hydroxylation is 2. The molecule has 60 valence electrons. The smallest absolute Gasteiger partial charge is 0.0524 e. The lowest BCUT2D eigenvalue weighted by molar-refractivity contribution is 0.547. The first kappa shape index (κ1) is 6.85. The van der Waals surface area contributed by atoms with Crippen molar-refractivity contribution in [2.75, 3.05) is 0 Å². The molecule has 1 aromatic rings. The summed E-state index contributed by atoms with van der Waals surface area (Å²) in [5.74, 6) is 0. The van der Waals surface area contributed by atoms with Crippen molar-refractivity contribution in [3.63, 3.8) is 0 Å². The molecule has 11 heavy (non-hydrogen) atoms. The van der Waals surface area contributed by atoms with Gasteiger partial charge in [-0.3, -0.25) is 4.68 Å². The number of nitrogens with zero attached hydrogens (tertiary/aromatic N) is 2. The molecule has 1 heterocycles. The first-order chi connectivity index (χ1) is 5.27. The topological polar surface area (TPSA) is 43.8 Å². The highest BCUT2D eigenvalue weighted by molar-refractivity contribution is 5.21. The van der Waals surface area contributed by atoms with Gasteiger partial charge >= 0.3 is 0 Å². The van der Waals surface area contributed by atoms with Gasteiger partial charge in [-0.2, -0.15) is 5.10 Å². The van der Waals surface area contributed by atoms with E-state index in [-0.39, 0.29) is 0 Å². The highest BCUT2D eigenvalue weighted by Crippen LogP contribution is 2.18. The van der Waals surface area contributed by atoms with Crippen LogP contribution in [-0.2, 0) is 19.9 Å². The quantitative estimate of drug-likeness (QED) is 0.577. The molecular formula is C8H13N3. The third kappa shape index (κ3) is 1.05. The minimum atomic E-state index is 0.345. The van der Waals surface area contributed by atoms with E-state index in [4.69, 9.17) is 5.73 Å². The minimum absolute atomic E-state index is 0.345. The van der Waals surface area contributed by atoms with Gasteiger partial charge in [0.15, 0.2) is 0 Å². The Hall–Kier alpha value is -0.830. The summed E-state index contributed by atoms with van der Waals surface area (Å²) in [6.07, 6.45) is 5.16. The minimum Gasteiger partial charge on any atom is -0.327 e. The molecule has 1 atom stereocenters. The van der Waals surface area contributed by atoms with Crippen LogP contribution in [0.3, 0.4) is 0 Å². The summed E-state index contributed by atoms with van der Waals surface area (Å²) in [6, 6.07) is 0.345. The molecule has 0 aromatic carbocycles. The van der Waals surface area contributed by atoms with Crippen LogP contribution in [0.15, 0.2) is 6.20 Å². The van der Waals surface area contributed by atoms with E-state index in [2.05, 4.69) is 5.10 Å². The van der Waals surface area contributed by atoms with Crippen LogP contribution in [0.1, 0.15) is 17.7 Å². The van der Waals surface area contributed by atoms with Crippen molar-refractivity contribution >= 4 is 0 Å². The molecule has 2 N–H and O–H groups in total. The number of hydrogen-bond acceptors (Lipinski definition) is 2. The number of nitrogens with two attached hydrogens (primary N) is 1. The SMILES string of the molecule is Cn1ncc2c1CC(N)CC2. The molecule has 0 spiro atoms. The number of hydrogen-bond donors (Lipinski definition) is 1. The average Bonchev–Trinajstić information content (AvgIpc) is 2.33. The second-order valence-corrected chi connectivity index (χ2v) is 3.24. The van der Waals surface area contributed by atoms with Crippen LogP contribution in [-0.4, -0.2) is 15.8 Å². The lowest BCUT2D eigenvalue weighted by Crippen LogP contribution is -2.28. The molecule has 0 aliphatic heterocycles. The van der Waals surface area contributed by atoms with Crippen LogP contribution in [0, 0.1) is 0 Å². The summed E-state index contributed by atoms with van der Waals surface area (Å²) in [6.45, 7) is 0. The van der Waals surface area contributed by atoms with E-state index in [0.29, 0.717) is 6.04 Å². The van der Waals surface area contributed by atoms with Crippen molar-refractivity contribution in [3.05, 3.63) is 17.5 Å². The molecule has 0 amide bonds. The Morgan fingerprint density at radius 2 is 2.55 bits per heavy atom. The second kappa shape index (κ2) is 2.34. The van der Waals surface area contributed by atoms with Crippen molar-refractivity contribution in [3.8, 4) is 0 Å². The fraction of sp³-hybridized carbons (Fsp3) is 0.625. The molecule has 1 aliphatic carbocycles. The molecule has 0 saturated carbocycles. The third-order valence-electron chi connectivity index (χ3n) is 2.39. The van der Waals surface area contributed by atoms with E-state index in [1.807, 2.05) is 17.9 Å². The van der Waals surface area contributed by atoms with Crippen LogP contribution >= 0.6 is 0 Å². The van der Waals surface area contributed by atoms with Crippen molar-refractivity contribution in [1.82, 2.24) is 9.78 Å². The zero-order valence-corrected chi connectivity index (χ0v) is 6.75. The maximum atomic E-state index is 5.84. The van der Waals surface area contributed by atoms with E-state index in [9.17, 15) is 0 Å². The highest BCUT2D eigenvalue weighted by Gasteiger charge is 2.18. The average molecular weight is 151 g/mol. The summed E-state index contributed by atoms with van der Waals surface area (Å²) in [4.78, 5) is 0.